The Morgan fingerprint density at radius 2 is 1.97 bits per heavy atom. The van der Waals surface area contributed by atoms with Gasteiger partial charge in [0.15, 0.2) is 0 Å². The van der Waals surface area contributed by atoms with Gasteiger partial charge in [0.2, 0.25) is 11.9 Å². The van der Waals surface area contributed by atoms with Gasteiger partial charge in [0.1, 0.15) is 12.8 Å². The van der Waals surface area contributed by atoms with Gasteiger partial charge in [0.25, 0.3) is 0 Å². The van der Waals surface area contributed by atoms with Crippen LogP contribution in [0.1, 0.15) is 42.5 Å². The molecule has 0 radical (unpaired) electrons. The van der Waals surface area contributed by atoms with Gasteiger partial charge in [-0.05, 0) is 61.6 Å². The number of likely N-dealkylation sites (tertiary alicyclic amines) is 1. The number of nitrogens with zero attached hydrogens (tertiary/aromatic N) is 4. The smallest absolute Gasteiger partial charge is 0.248 e. The Balaban J connectivity index is 1.45. The average molecular weight is 487 g/mol. The number of nitrogens with two attached hydrogens (primary N) is 1. The second kappa shape index (κ2) is 12.1. The number of quaternary nitrogens is 1. The van der Waals surface area contributed by atoms with Crippen molar-refractivity contribution in [3.05, 3.63) is 84.1 Å². The zero-order chi connectivity index (χ0) is 25.3. The number of amides is 1. The van der Waals surface area contributed by atoms with Crippen LogP contribution < -0.4 is 10.6 Å². The van der Waals surface area contributed by atoms with E-state index in [1.807, 2.05) is 41.8 Å². The predicted octanol–water partition coefficient (Wildman–Crippen LogP) is 2.31. The topological polar surface area (TPSA) is 132 Å². The van der Waals surface area contributed by atoms with Crippen LogP contribution in [0.2, 0.25) is 0 Å². The van der Waals surface area contributed by atoms with Crippen molar-refractivity contribution in [1.29, 1.82) is 5.41 Å². The van der Waals surface area contributed by atoms with Crippen LogP contribution in [0.5, 0.6) is 0 Å². The first-order valence-corrected chi connectivity index (χ1v) is 12.2. The fourth-order valence-electron chi connectivity index (χ4n) is 4.30. The first kappa shape index (κ1) is 25.2. The Morgan fingerprint density at radius 1 is 1.19 bits per heavy atom. The van der Waals surface area contributed by atoms with Crippen molar-refractivity contribution in [3.8, 4) is 0 Å². The number of aliphatic hydroxyl groups excluding tert-OH is 1. The maximum Gasteiger partial charge on any atom is 0.248 e. The van der Waals surface area contributed by atoms with Crippen molar-refractivity contribution in [1.82, 2.24) is 19.9 Å². The van der Waals surface area contributed by atoms with Gasteiger partial charge in [0.05, 0.1) is 23.5 Å². The van der Waals surface area contributed by atoms with Crippen LogP contribution in [0, 0.1) is 5.41 Å². The van der Waals surface area contributed by atoms with Crippen LogP contribution in [-0.2, 0) is 4.79 Å². The van der Waals surface area contributed by atoms with E-state index in [0.717, 1.165) is 30.6 Å². The molecule has 0 atom stereocenters. The van der Waals surface area contributed by atoms with Gasteiger partial charge in [-0.2, -0.15) is 0 Å². The Bertz CT molecular complexity index is 1200. The molecule has 3 aromatic rings. The number of allylic oxidation sites excluding steroid dienone is 1. The second-order valence-corrected chi connectivity index (χ2v) is 8.67. The number of hydrogen-bond acceptors (Lipinski definition) is 7. The van der Waals surface area contributed by atoms with E-state index >= 15 is 0 Å². The molecule has 1 fully saturated rings. The number of piperidine rings is 1. The van der Waals surface area contributed by atoms with Crippen molar-refractivity contribution in [2.45, 2.75) is 25.7 Å². The number of nitrogens with one attached hydrogen (secondary N) is 2. The molecule has 0 aliphatic carbocycles. The molecule has 5 N–H and O–H groups in total. The highest BCUT2D eigenvalue weighted by atomic mass is 16.3. The Kier molecular flexibility index (Phi) is 8.48. The molecule has 186 valence electrons. The molecule has 1 amide bonds. The van der Waals surface area contributed by atoms with Crippen molar-refractivity contribution < 1.29 is 15.2 Å². The lowest BCUT2D eigenvalue weighted by Crippen LogP contribution is -2.77. The van der Waals surface area contributed by atoms with Crippen molar-refractivity contribution in [2.75, 3.05) is 31.6 Å². The standard InChI is InChI=1S/C27H31N7O2/c1-2-29-17-23(26(28)21-4-3-12-30-16-21)24-9-13-31-27(33-24)32-22-7-5-19(6-8-22)20-10-14-34(15-11-20)25(36)18-35/h3-9,12-13,16-17,20,28-29,35H,2,10-11,14-15,18H2,1H3,(H,31,32,33)/p+1/b23-17-,28-26?. The molecule has 0 spiro atoms. The summed E-state index contributed by atoms with van der Waals surface area (Å²) in [5.74, 6) is 0.649. The summed E-state index contributed by atoms with van der Waals surface area (Å²) in [5, 5.41) is 23.1. The molecule has 0 bridgehead atoms. The molecule has 1 aliphatic rings. The molecular formula is C27H32N7O2+. The molecule has 4 rings (SSSR count). The van der Waals surface area contributed by atoms with Crippen LogP contribution in [-0.4, -0.2) is 62.8 Å². The first-order valence-electron chi connectivity index (χ1n) is 12.2. The minimum absolute atomic E-state index is 0.198. The van der Waals surface area contributed by atoms with Gasteiger partial charge >= 0.3 is 0 Å². The van der Waals surface area contributed by atoms with E-state index in [1.54, 1.807) is 23.5 Å². The van der Waals surface area contributed by atoms with E-state index in [9.17, 15) is 4.79 Å². The molecular weight excluding hydrogens is 454 g/mol. The summed E-state index contributed by atoms with van der Waals surface area (Å²) in [6.45, 7) is 3.82. The number of pyridine rings is 1. The van der Waals surface area contributed by atoms with Crippen LogP contribution in [0.25, 0.3) is 5.57 Å². The van der Waals surface area contributed by atoms with Crippen molar-refractivity contribution in [3.63, 3.8) is 0 Å². The SMILES string of the molecule is CC[NH2+]/C=C(\C(=N)c1cccnc1)c1ccnc(Nc2ccc(C3CCN(C(=O)CO)CC3)cc2)n1. The molecule has 9 nitrogen and oxygen atoms in total. The molecule has 2 aromatic heterocycles. The van der Waals surface area contributed by atoms with Gasteiger partial charge in [-0.3, -0.25) is 15.2 Å². The van der Waals surface area contributed by atoms with Gasteiger partial charge in [0, 0.05) is 42.9 Å². The molecule has 36 heavy (non-hydrogen) atoms. The second-order valence-electron chi connectivity index (χ2n) is 8.67. The highest BCUT2D eigenvalue weighted by Gasteiger charge is 2.23. The quantitative estimate of drug-likeness (QED) is 0.343. The lowest BCUT2D eigenvalue weighted by atomic mass is 9.89. The number of carbonyl (C=O) groups excluding carboxylic acids is 1. The monoisotopic (exact) mass is 486 g/mol. The first-order chi connectivity index (χ1) is 17.6. The molecule has 1 aliphatic heterocycles. The third-order valence-corrected chi connectivity index (χ3v) is 6.29. The van der Waals surface area contributed by atoms with Crippen LogP contribution in [0.15, 0.2) is 67.3 Å². The van der Waals surface area contributed by atoms with E-state index in [1.165, 1.54) is 5.56 Å². The summed E-state index contributed by atoms with van der Waals surface area (Å²) in [4.78, 5) is 26.6. The Hall–Kier alpha value is -3.95. The fourth-order valence-corrected chi connectivity index (χ4v) is 4.30. The highest BCUT2D eigenvalue weighted by Crippen LogP contribution is 2.29. The molecule has 1 saturated heterocycles. The maximum atomic E-state index is 11.7. The summed E-state index contributed by atoms with van der Waals surface area (Å²) < 4.78 is 0. The number of aliphatic hydroxyl groups is 1. The minimum atomic E-state index is -0.424. The predicted molar refractivity (Wildman–Crippen MR) is 139 cm³/mol. The van der Waals surface area contributed by atoms with E-state index in [2.05, 4.69) is 39.3 Å². The van der Waals surface area contributed by atoms with Gasteiger partial charge in [-0.25, -0.2) is 9.97 Å². The van der Waals surface area contributed by atoms with Crippen LogP contribution >= 0.6 is 0 Å². The van der Waals surface area contributed by atoms with E-state index in [4.69, 9.17) is 10.5 Å². The minimum Gasteiger partial charge on any atom is -0.387 e. The molecule has 0 unspecified atom stereocenters. The van der Waals surface area contributed by atoms with Gasteiger partial charge in [-0.1, -0.05) is 12.1 Å². The Labute approximate surface area is 210 Å². The lowest BCUT2D eigenvalue weighted by molar-refractivity contribution is -0.583. The van der Waals surface area contributed by atoms with Gasteiger partial charge < -0.3 is 20.6 Å². The third-order valence-electron chi connectivity index (χ3n) is 6.29. The number of aromatic nitrogens is 3. The number of rotatable bonds is 9. The third kappa shape index (κ3) is 6.18. The Morgan fingerprint density at radius 3 is 2.64 bits per heavy atom. The van der Waals surface area contributed by atoms with Crippen LogP contribution in [0.4, 0.5) is 11.6 Å². The largest absolute Gasteiger partial charge is 0.387 e. The number of anilines is 2. The number of hydrogen-bond donors (Lipinski definition) is 4. The molecule has 3 heterocycles. The van der Waals surface area contributed by atoms with E-state index in [0.29, 0.717) is 41.9 Å². The molecule has 0 saturated carbocycles. The maximum absolute atomic E-state index is 11.7. The summed E-state index contributed by atoms with van der Waals surface area (Å²) in [6.07, 6.45) is 8.76. The molecule has 1 aromatic carbocycles. The average Bonchev–Trinajstić information content (AvgIpc) is 2.94. The molecule has 9 heteroatoms. The zero-order valence-corrected chi connectivity index (χ0v) is 20.4. The number of benzene rings is 1. The van der Waals surface area contributed by atoms with E-state index in [-0.39, 0.29) is 5.91 Å². The lowest BCUT2D eigenvalue weighted by Gasteiger charge is -2.32. The van der Waals surface area contributed by atoms with E-state index < -0.39 is 6.61 Å². The summed E-state index contributed by atoms with van der Waals surface area (Å²) in [5.41, 5.74) is 4.55. The van der Waals surface area contributed by atoms with Gasteiger partial charge in [-0.15, -0.1) is 0 Å². The zero-order valence-electron chi connectivity index (χ0n) is 20.4. The summed E-state index contributed by atoms with van der Waals surface area (Å²) >= 11 is 0. The fraction of sp³-hybridized carbons (Fsp3) is 0.296. The summed E-state index contributed by atoms with van der Waals surface area (Å²) in [7, 11) is 0. The number of carbonyl (C=O) groups is 1. The van der Waals surface area contributed by atoms with Crippen molar-refractivity contribution in [2.24, 2.45) is 0 Å². The summed E-state index contributed by atoms with van der Waals surface area (Å²) in [6, 6.07) is 13.7. The van der Waals surface area contributed by atoms with Crippen LogP contribution in [0.3, 0.4) is 0 Å². The highest BCUT2D eigenvalue weighted by molar-refractivity contribution is 6.29. The normalized spacial score (nSPS) is 14.5. The van der Waals surface area contributed by atoms with Crippen molar-refractivity contribution >= 4 is 28.8 Å².